The van der Waals surface area contributed by atoms with E-state index in [1.54, 1.807) is 7.11 Å². The van der Waals surface area contributed by atoms with Gasteiger partial charge in [0.05, 0.1) is 31.0 Å². The second-order valence-corrected chi connectivity index (χ2v) is 9.96. The van der Waals surface area contributed by atoms with E-state index in [0.29, 0.717) is 6.42 Å². The third-order valence-electron chi connectivity index (χ3n) is 7.03. The Kier molecular flexibility index (Phi) is 8.76. The molecule has 3 aliphatic heterocycles. The number of methoxy groups -OCH3 is 2. The molecule has 0 saturated carbocycles. The van der Waals surface area contributed by atoms with E-state index in [9.17, 15) is 20.1 Å². The summed E-state index contributed by atoms with van der Waals surface area (Å²) in [5, 5.41) is 33.0. The lowest BCUT2D eigenvalue weighted by Crippen LogP contribution is -2.69. The van der Waals surface area contributed by atoms with Crippen LogP contribution in [0.3, 0.4) is 0 Å². The first kappa shape index (κ1) is 27.4. The van der Waals surface area contributed by atoms with E-state index < -0.39 is 66.6 Å². The third-order valence-corrected chi connectivity index (χ3v) is 7.03. The fourth-order valence-corrected chi connectivity index (χ4v) is 5.24. The zero-order valence-corrected chi connectivity index (χ0v) is 20.6. The maximum absolute atomic E-state index is 13.1. The lowest BCUT2D eigenvalue weighted by molar-refractivity contribution is -0.332. The molecule has 3 aliphatic rings. The Labute approximate surface area is 200 Å². The summed E-state index contributed by atoms with van der Waals surface area (Å²) in [5.74, 6) is -2.33. The fourth-order valence-electron chi connectivity index (χ4n) is 5.24. The molecule has 3 rings (SSSR count). The molecule has 34 heavy (non-hydrogen) atoms. The molecular formula is C23H39NO10. The number of rotatable bonds is 8. The van der Waals surface area contributed by atoms with Crippen molar-refractivity contribution in [2.24, 2.45) is 5.41 Å². The first-order valence-electron chi connectivity index (χ1n) is 11.6. The topological polar surface area (TPSA) is 145 Å². The first-order valence-corrected chi connectivity index (χ1v) is 11.6. The van der Waals surface area contributed by atoms with Crippen molar-refractivity contribution in [3.8, 4) is 0 Å². The number of hydrogen-bond acceptors (Lipinski definition) is 10. The summed E-state index contributed by atoms with van der Waals surface area (Å²) in [6.45, 7) is 9.12. The highest BCUT2D eigenvalue weighted by atomic mass is 16.7. The molecule has 0 aromatic heterocycles. The number of carbonyl (C=O) groups excluding carboxylic acids is 1. The number of aliphatic hydroxyl groups excluding tert-OH is 3. The van der Waals surface area contributed by atoms with Crippen molar-refractivity contribution in [2.75, 3.05) is 27.6 Å². The van der Waals surface area contributed by atoms with E-state index in [1.165, 1.54) is 7.11 Å². The Morgan fingerprint density at radius 2 is 1.97 bits per heavy atom. The highest BCUT2D eigenvalue weighted by Crippen LogP contribution is 2.43. The largest absolute Gasteiger partial charge is 0.394 e. The van der Waals surface area contributed by atoms with Gasteiger partial charge in [-0.15, -0.1) is 0 Å². The molecule has 0 aliphatic carbocycles. The minimum absolute atomic E-state index is 0.120. The summed E-state index contributed by atoms with van der Waals surface area (Å²) < 4.78 is 34.8. The summed E-state index contributed by atoms with van der Waals surface area (Å²) in [5.41, 5.74) is 0.227. The van der Waals surface area contributed by atoms with E-state index in [4.69, 9.17) is 28.4 Å². The van der Waals surface area contributed by atoms with Gasteiger partial charge >= 0.3 is 0 Å². The number of nitrogens with one attached hydrogen (secondary N) is 1. The monoisotopic (exact) mass is 489 g/mol. The number of fused-ring (bicyclic) bond motifs is 1. The molecule has 9 atom stereocenters. The van der Waals surface area contributed by atoms with Crippen molar-refractivity contribution in [3.63, 3.8) is 0 Å². The van der Waals surface area contributed by atoms with Gasteiger partial charge in [0.2, 0.25) is 5.79 Å². The second-order valence-electron chi connectivity index (χ2n) is 9.96. The molecule has 0 radical (unpaired) electrons. The van der Waals surface area contributed by atoms with Crippen LogP contribution in [0.1, 0.15) is 40.0 Å². The van der Waals surface area contributed by atoms with Crippen LogP contribution in [0.2, 0.25) is 0 Å². The van der Waals surface area contributed by atoms with E-state index in [1.807, 2.05) is 20.8 Å². The number of aliphatic hydroxyl groups is 3. The average Bonchev–Trinajstić information content (AvgIpc) is 2.78. The molecule has 196 valence electrons. The van der Waals surface area contributed by atoms with Crippen LogP contribution < -0.4 is 5.32 Å². The van der Waals surface area contributed by atoms with Gasteiger partial charge in [0.15, 0.2) is 12.3 Å². The number of carbonyl (C=O) groups is 1. The fraction of sp³-hybridized carbons (Fsp3) is 0.870. The van der Waals surface area contributed by atoms with Crippen molar-refractivity contribution >= 4 is 5.91 Å². The first-order chi connectivity index (χ1) is 16.0. The van der Waals surface area contributed by atoms with Gasteiger partial charge in [0, 0.05) is 32.5 Å². The van der Waals surface area contributed by atoms with Gasteiger partial charge in [-0.25, -0.2) is 0 Å². The molecule has 1 amide bonds. The maximum atomic E-state index is 13.1. The summed E-state index contributed by atoms with van der Waals surface area (Å²) in [7, 11) is 2.93. The second kappa shape index (κ2) is 10.9. The van der Waals surface area contributed by atoms with E-state index >= 15 is 0 Å². The van der Waals surface area contributed by atoms with Crippen LogP contribution in [-0.4, -0.2) is 104 Å². The molecular weight excluding hydrogens is 450 g/mol. The SMILES string of the molecule is C=C1C[C@@H](C)O[C@@](OC)([C@H](O)C(=O)N[C@H]2OCO[C@H]3[C@@H]2O[C@H](C[C@H](O)CO)C(C)(C)[C@@H]3OC)C1. The molecule has 3 saturated heterocycles. The lowest BCUT2D eigenvalue weighted by Gasteiger charge is -2.54. The van der Waals surface area contributed by atoms with Crippen LogP contribution in [0.4, 0.5) is 0 Å². The van der Waals surface area contributed by atoms with Crippen molar-refractivity contribution in [2.45, 2.75) is 94.8 Å². The van der Waals surface area contributed by atoms with E-state index in [-0.39, 0.29) is 25.7 Å². The molecule has 3 fully saturated rings. The summed E-state index contributed by atoms with van der Waals surface area (Å²) in [4.78, 5) is 13.1. The lowest BCUT2D eigenvalue weighted by atomic mass is 9.72. The quantitative estimate of drug-likeness (QED) is 0.339. The van der Waals surface area contributed by atoms with Crippen molar-refractivity contribution in [1.29, 1.82) is 0 Å². The van der Waals surface area contributed by atoms with Gasteiger partial charge < -0.3 is 49.1 Å². The maximum Gasteiger partial charge on any atom is 0.256 e. The zero-order valence-electron chi connectivity index (χ0n) is 20.6. The molecule has 0 unspecified atom stereocenters. The summed E-state index contributed by atoms with van der Waals surface area (Å²) in [6, 6.07) is 0. The van der Waals surface area contributed by atoms with Crippen LogP contribution in [0, 0.1) is 5.41 Å². The molecule has 0 bridgehead atoms. The number of amides is 1. The molecule has 11 heteroatoms. The van der Waals surface area contributed by atoms with Crippen LogP contribution in [0.15, 0.2) is 12.2 Å². The molecule has 0 aromatic rings. The van der Waals surface area contributed by atoms with Gasteiger partial charge in [-0.2, -0.15) is 0 Å². The molecule has 4 N–H and O–H groups in total. The average molecular weight is 490 g/mol. The van der Waals surface area contributed by atoms with Crippen LogP contribution in [0.5, 0.6) is 0 Å². The van der Waals surface area contributed by atoms with Gasteiger partial charge in [-0.1, -0.05) is 26.0 Å². The van der Waals surface area contributed by atoms with Crippen molar-refractivity contribution < 1.29 is 48.5 Å². The van der Waals surface area contributed by atoms with Gasteiger partial charge in [0.1, 0.15) is 19.0 Å². The van der Waals surface area contributed by atoms with Crippen molar-refractivity contribution in [1.82, 2.24) is 5.32 Å². The predicted molar refractivity (Wildman–Crippen MR) is 118 cm³/mol. The van der Waals surface area contributed by atoms with Gasteiger partial charge in [-0.05, 0) is 13.3 Å². The summed E-state index contributed by atoms with van der Waals surface area (Å²) in [6.07, 6.45) is -5.34. The Bertz CT molecular complexity index is 733. The smallest absolute Gasteiger partial charge is 0.256 e. The molecule has 3 heterocycles. The Balaban J connectivity index is 1.79. The van der Waals surface area contributed by atoms with Crippen LogP contribution in [-0.2, 0) is 33.2 Å². The van der Waals surface area contributed by atoms with Crippen LogP contribution >= 0.6 is 0 Å². The van der Waals surface area contributed by atoms with Crippen LogP contribution in [0.25, 0.3) is 0 Å². The zero-order chi connectivity index (χ0) is 25.3. The van der Waals surface area contributed by atoms with Crippen molar-refractivity contribution in [3.05, 3.63) is 12.2 Å². The minimum Gasteiger partial charge on any atom is -0.394 e. The Morgan fingerprint density at radius 1 is 1.26 bits per heavy atom. The van der Waals surface area contributed by atoms with E-state index in [2.05, 4.69) is 11.9 Å². The van der Waals surface area contributed by atoms with Gasteiger partial charge in [0.25, 0.3) is 5.91 Å². The van der Waals surface area contributed by atoms with Gasteiger partial charge in [-0.3, -0.25) is 4.79 Å². The molecule has 11 nitrogen and oxygen atoms in total. The molecule has 0 aromatic carbocycles. The predicted octanol–water partition coefficient (Wildman–Crippen LogP) is -0.188. The normalized spacial score (nSPS) is 39.7. The third kappa shape index (κ3) is 5.32. The summed E-state index contributed by atoms with van der Waals surface area (Å²) >= 11 is 0. The molecule has 0 spiro atoms. The number of ether oxygens (including phenoxy) is 6. The van der Waals surface area contributed by atoms with E-state index in [0.717, 1.165) is 5.57 Å². The highest BCUT2D eigenvalue weighted by Gasteiger charge is 2.57. The Hall–Kier alpha value is -1.15. The Morgan fingerprint density at radius 3 is 2.56 bits per heavy atom. The standard InChI is InChI=1S/C23H39NO10/c1-12-7-13(2)34-23(9-12,30-6)18(27)20(28)24-21-17-16(31-11-32-21)19(29-5)22(3,4)15(33-17)8-14(26)10-25/h13-19,21,25-27H,1,7-11H2,2-6H3,(H,24,28)/t13-,14+,15-,16+,17+,18-,19-,21+,23-/m1/s1. The minimum atomic E-state index is -1.66. The number of hydrogen-bond donors (Lipinski definition) is 4. The highest BCUT2D eigenvalue weighted by molar-refractivity contribution is 5.82.